The van der Waals surface area contributed by atoms with Gasteiger partial charge in [-0.25, -0.2) is 0 Å². The van der Waals surface area contributed by atoms with E-state index in [-0.39, 0.29) is 17.9 Å². The van der Waals surface area contributed by atoms with Gasteiger partial charge in [0.15, 0.2) is 0 Å². The fourth-order valence-electron chi connectivity index (χ4n) is 5.37. The molecule has 1 aliphatic rings. The van der Waals surface area contributed by atoms with Crippen LogP contribution in [0, 0.1) is 6.92 Å². The molecule has 0 spiro atoms. The average molecular weight is 471 g/mol. The topological polar surface area (TPSA) is 49.4 Å². The van der Waals surface area contributed by atoms with Gasteiger partial charge in [0.1, 0.15) is 6.04 Å². The van der Waals surface area contributed by atoms with E-state index >= 15 is 0 Å². The second kappa shape index (κ2) is 12.0. The van der Waals surface area contributed by atoms with Crippen molar-refractivity contribution in [2.24, 2.45) is 0 Å². The summed E-state index contributed by atoms with van der Waals surface area (Å²) in [6.07, 6.45) is 7.29. The number of amides is 2. The van der Waals surface area contributed by atoms with Gasteiger partial charge >= 0.3 is 0 Å². The minimum atomic E-state index is -0.461. The zero-order valence-corrected chi connectivity index (χ0v) is 21.1. The van der Waals surface area contributed by atoms with E-state index in [9.17, 15) is 9.59 Å². The van der Waals surface area contributed by atoms with Crippen LogP contribution < -0.4 is 5.32 Å². The molecule has 1 N–H and O–H groups in total. The van der Waals surface area contributed by atoms with Crippen molar-refractivity contribution in [3.63, 3.8) is 0 Å². The number of aryl methyl sites for hydroxylation is 2. The Balaban J connectivity index is 1.53. The van der Waals surface area contributed by atoms with Crippen molar-refractivity contribution in [1.82, 2.24) is 10.2 Å². The van der Waals surface area contributed by atoms with Crippen LogP contribution in [-0.4, -0.2) is 28.8 Å². The molecule has 4 nitrogen and oxygen atoms in total. The Morgan fingerprint density at radius 3 is 2.49 bits per heavy atom. The minimum absolute atomic E-state index is 0.00874. The van der Waals surface area contributed by atoms with Gasteiger partial charge in [-0.05, 0) is 54.5 Å². The van der Waals surface area contributed by atoms with E-state index in [1.165, 1.54) is 35.6 Å². The molecule has 0 bridgehead atoms. The van der Waals surface area contributed by atoms with E-state index in [0.717, 1.165) is 24.0 Å². The van der Waals surface area contributed by atoms with Gasteiger partial charge in [0, 0.05) is 19.0 Å². The third kappa shape index (κ3) is 6.50. The molecular formula is C31H38N2O2. The van der Waals surface area contributed by atoms with Crippen LogP contribution in [0.15, 0.2) is 66.7 Å². The Labute approximate surface area is 209 Å². The zero-order chi connectivity index (χ0) is 24.6. The lowest BCUT2D eigenvalue weighted by molar-refractivity contribution is -0.141. The average Bonchev–Trinajstić information content (AvgIpc) is 2.87. The van der Waals surface area contributed by atoms with Crippen molar-refractivity contribution in [3.05, 3.63) is 83.4 Å². The molecule has 0 saturated heterocycles. The van der Waals surface area contributed by atoms with Crippen LogP contribution >= 0.6 is 0 Å². The molecule has 3 aromatic carbocycles. The summed E-state index contributed by atoms with van der Waals surface area (Å²) in [6, 6.07) is 22.6. The molecule has 0 aromatic heterocycles. The Morgan fingerprint density at radius 2 is 1.71 bits per heavy atom. The summed E-state index contributed by atoms with van der Waals surface area (Å²) >= 11 is 0. The van der Waals surface area contributed by atoms with Crippen molar-refractivity contribution >= 4 is 22.6 Å². The molecule has 0 aliphatic heterocycles. The summed E-state index contributed by atoms with van der Waals surface area (Å²) < 4.78 is 0. The van der Waals surface area contributed by atoms with Gasteiger partial charge < -0.3 is 10.2 Å². The van der Waals surface area contributed by atoms with E-state index < -0.39 is 6.04 Å². The molecule has 184 valence electrons. The molecular weight excluding hydrogens is 432 g/mol. The predicted molar refractivity (Wildman–Crippen MR) is 143 cm³/mol. The monoisotopic (exact) mass is 470 g/mol. The van der Waals surface area contributed by atoms with Crippen LogP contribution in [0.4, 0.5) is 0 Å². The lowest BCUT2D eigenvalue weighted by atomic mass is 9.95. The molecule has 1 fully saturated rings. The molecule has 0 heterocycles. The zero-order valence-electron chi connectivity index (χ0n) is 21.1. The number of benzene rings is 3. The molecule has 1 saturated carbocycles. The standard InChI is InChI=1S/C31H38N2O2/c1-3-29(31(35)32-27-16-5-4-6-17-27)33(22-24-12-9-11-23(2)21-24)30(34)20-19-26-15-10-14-25-13-7-8-18-28(25)26/h7-15,18,21,27,29H,3-6,16-17,19-20,22H2,1-2H3,(H,32,35)/t29-/m1/s1. The number of fused-ring (bicyclic) bond motifs is 1. The lowest BCUT2D eigenvalue weighted by Gasteiger charge is -2.33. The lowest BCUT2D eigenvalue weighted by Crippen LogP contribution is -2.51. The second-order valence-corrected chi connectivity index (χ2v) is 9.92. The number of nitrogens with one attached hydrogen (secondary N) is 1. The van der Waals surface area contributed by atoms with E-state index in [1.807, 2.05) is 36.1 Å². The summed E-state index contributed by atoms with van der Waals surface area (Å²) in [5.74, 6) is 0.0237. The van der Waals surface area contributed by atoms with Crippen molar-refractivity contribution in [2.75, 3.05) is 0 Å². The molecule has 2 amide bonds. The summed E-state index contributed by atoms with van der Waals surface area (Å²) in [7, 11) is 0. The molecule has 35 heavy (non-hydrogen) atoms. The highest BCUT2D eigenvalue weighted by Gasteiger charge is 2.30. The predicted octanol–water partition coefficient (Wildman–Crippen LogP) is 6.34. The fourth-order valence-corrected chi connectivity index (χ4v) is 5.37. The summed E-state index contributed by atoms with van der Waals surface area (Å²) in [5.41, 5.74) is 3.39. The number of carbonyl (C=O) groups is 2. The van der Waals surface area contributed by atoms with Crippen molar-refractivity contribution in [1.29, 1.82) is 0 Å². The van der Waals surface area contributed by atoms with Gasteiger partial charge in [0.25, 0.3) is 0 Å². The summed E-state index contributed by atoms with van der Waals surface area (Å²) in [4.78, 5) is 28.9. The summed E-state index contributed by atoms with van der Waals surface area (Å²) in [5, 5.41) is 5.64. The quantitative estimate of drug-likeness (QED) is 0.397. The first-order chi connectivity index (χ1) is 17.0. The van der Waals surface area contributed by atoms with Gasteiger partial charge in [0.2, 0.25) is 11.8 Å². The van der Waals surface area contributed by atoms with Gasteiger partial charge in [0.05, 0.1) is 0 Å². The van der Waals surface area contributed by atoms with Gasteiger partial charge in [-0.2, -0.15) is 0 Å². The maximum atomic E-state index is 13.7. The van der Waals surface area contributed by atoms with Gasteiger partial charge in [-0.1, -0.05) is 98.5 Å². The Morgan fingerprint density at radius 1 is 0.971 bits per heavy atom. The normalized spacial score (nSPS) is 15.0. The molecule has 4 heteroatoms. The number of hydrogen-bond acceptors (Lipinski definition) is 2. The minimum Gasteiger partial charge on any atom is -0.352 e. The van der Waals surface area contributed by atoms with E-state index in [1.54, 1.807) is 0 Å². The Hall–Kier alpha value is -3.14. The highest BCUT2D eigenvalue weighted by Crippen LogP contribution is 2.22. The van der Waals surface area contributed by atoms with E-state index in [2.05, 4.69) is 54.7 Å². The van der Waals surface area contributed by atoms with Crippen LogP contribution in [0.25, 0.3) is 10.8 Å². The number of carbonyl (C=O) groups excluding carboxylic acids is 2. The van der Waals surface area contributed by atoms with Crippen LogP contribution in [0.3, 0.4) is 0 Å². The maximum absolute atomic E-state index is 13.7. The van der Waals surface area contributed by atoms with Crippen LogP contribution in [0.1, 0.15) is 68.6 Å². The maximum Gasteiger partial charge on any atom is 0.243 e. The summed E-state index contributed by atoms with van der Waals surface area (Å²) in [6.45, 7) is 4.52. The highest BCUT2D eigenvalue weighted by atomic mass is 16.2. The largest absolute Gasteiger partial charge is 0.352 e. The Kier molecular flexibility index (Phi) is 8.57. The van der Waals surface area contributed by atoms with E-state index in [4.69, 9.17) is 0 Å². The number of rotatable bonds is 9. The second-order valence-electron chi connectivity index (χ2n) is 9.92. The van der Waals surface area contributed by atoms with Crippen molar-refractivity contribution in [3.8, 4) is 0 Å². The first kappa shape index (κ1) is 25.0. The molecule has 0 unspecified atom stereocenters. The molecule has 1 aliphatic carbocycles. The fraction of sp³-hybridized carbons (Fsp3) is 0.419. The number of hydrogen-bond donors (Lipinski definition) is 1. The Bertz CT molecular complexity index is 1140. The molecule has 4 rings (SSSR count). The van der Waals surface area contributed by atoms with Crippen LogP contribution in [0.5, 0.6) is 0 Å². The first-order valence-electron chi connectivity index (χ1n) is 13.2. The molecule has 0 radical (unpaired) electrons. The highest BCUT2D eigenvalue weighted by molar-refractivity contribution is 5.89. The van der Waals surface area contributed by atoms with Crippen molar-refractivity contribution in [2.45, 2.75) is 83.8 Å². The van der Waals surface area contributed by atoms with Crippen molar-refractivity contribution < 1.29 is 9.59 Å². The SMILES string of the molecule is CC[C@H](C(=O)NC1CCCCC1)N(Cc1cccc(C)c1)C(=O)CCc1cccc2ccccc12. The van der Waals surface area contributed by atoms with Crippen LogP contribution in [0.2, 0.25) is 0 Å². The number of nitrogens with zero attached hydrogens (tertiary/aromatic N) is 1. The first-order valence-corrected chi connectivity index (χ1v) is 13.2. The smallest absolute Gasteiger partial charge is 0.243 e. The van der Waals surface area contributed by atoms with Crippen LogP contribution in [-0.2, 0) is 22.6 Å². The van der Waals surface area contributed by atoms with Gasteiger partial charge in [-0.3, -0.25) is 9.59 Å². The van der Waals surface area contributed by atoms with E-state index in [0.29, 0.717) is 25.8 Å². The molecule has 3 aromatic rings. The third-order valence-corrected chi connectivity index (χ3v) is 7.26. The van der Waals surface area contributed by atoms with Gasteiger partial charge in [-0.15, -0.1) is 0 Å². The third-order valence-electron chi connectivity index (χ3n) is 7.26. The molecule has 1 atom stereocenters.